The molecule has 1 amide bonds. The Kier molecular flexibility index (Phi) is 5.08. The van der Waals surface area contributed by atoms with E-state index < -0.39 is 0 Å². The van der Waals surface area contributed by atoms with Crippen molar-refractivity contribution in [3.63, 3.8) is 0 Å². The molecule has 0 atom stereocenters. The molecule has 0 unspecified atom stereocenters. The fraction of sp³-hybridized carbons (Fsp3) is 0.130. The lowest BCUT2D eigenvalue weighted by Crippen LogP contribution is -2.20. The molecule has 5 heteroatoms. The summed E-state index contributed by atoms with van der Waals surface area (Å²) in [6, 6.07) is 21.7. The first-order valence-corrected chi connectivity index (χ1v) is 9.86. The van der Waals surface area contributed by atoms with E-state index in [9.17, 15) is 4.79 Å². The van der Waals surface area contributed by atoms with Crippen LogP contribution >= 0.6 is 11.3 Å². The Morgan fingerprint density at radius 1 is 1.04 bits per heavy atom. The van der Waals surface area contributed by atoms with E-state index >= 15 is 0 Å². The Balaban J connectivity index is 1.39. The summed E-state index contributed by atoms with van der Waals surface area (Å²) in [5.74, 6) is 0.477. The first-order valence-electron chi connectivity index (χ1n) is 9.04. The molecule has 0 fully saturated rings. The number of hydrogen-bond acceptors (Lipinski definition) is 4. The lowest BCUT2D eigenvalue weighted by Gasteiger charge is -2.10. The van der Waals surface area contributed by atoms with Crippen LogP contribution in [0.15, 0.2) is 66.7 Å². The number of aryl methyl sites for hydroxylation is 2. The zero-order chi connectivity index (χ0) is 19.5. The fourth-order valence-electron chi connectivity index (χ4n) is 2.90. The number of aromatic nitrogens is 1. The monoisotopic (exact) mass is 388 g/mol. The zero-order valence-electron chi connectivity index (χ0n) is 15.7. The van der Waals surface area contributed by atoms with E-state index in [2.05, 4.69) is 16.4 Å². The van der Waals surface area contributed by atoms with Crippen LogP contribution in [0.3, 0.4) is 0 Å². The number of carbonyl (C=O) groups is 1. The van der Waals surface area contributed by atoms with Crippen molar-refractivity contribution in [1.29, 1.82) is 0 Å². The van der Waals surface area contributed by atoms with E-state index in [4.69, 9.17) is 4.74 Å². The van der Waals surface area contributed by atoms with E-state index in [1.54, 1.807) is 11.3 Å². The van der Waals surface area contributed by atoms with Gasteiger partial charge in [0.15, 0.2) is 6.61 Å². The first-order chi connectivity index (χ1) is 13.6. The van der Waals surface area contributed by atoms with Gasteiger partial charge >= 0.3 is 0 Å². The van der Waals surface area contributed by atoms with Crippen LogP contribution in [0.1, 0.15) is 11.1 Å². The molecule has 3 aromatic carbocycles. The average molecular weight is 388 g/mol. The van der Waals surface area contributed by atoms with Crippen LogP contribution < -0.4 is 10.1 Å². The van der Waals surface area contributed by atoms with E-state index in [0.29, 0.717) is 5.75 Å². The fourth-order valence-corrected chi connectivity index (χ4v) is 3.87. The van der Waals surface area contributed by atoms with Crippen LogP contribution in [-0.2, 0) is 4.79 Å². The van der Waals surface area contributed by atoms with Crippen molar-refractivity contribution in [3.05, 3.63) is 77.9 Å². The Bertz CT molecular complexity index is 1100. The van der Waals surface area contributed by atoms with Gasteiger partial charge in [-0.1, -0.05) is 24.3 Å². The number of nitrogens with zero attached hydrogens (tertiary/aromatic N) is 1. The summed E-state index contributed by atoms with van der Waals surface area (Å²) in [6.45, 7) is 3.93. The predicted molar refractivity (Wildman–Crippen MR) is 115 cm³/mol. The maximum absolute atomic E-state index is 12.2. The molecule has 0 aliphatic heterocycles. The number of rotatable bonds is 5. The van der Waals surface area contributed by atoms with Gasteiger partial charge in [0.05, 0.1) is 10.2 Å². The largest absolute Gasteiger partial charge is 0.484 e. The van der Waals surface area contributed by atoms with E-state index in [0.717, 1.165) is 32.9 Å². The van der Waals surface area contributed by atoms with Crippen molar-refractivity contribution in [2.45, 2.75) is 13.8 Å². The molecule has 28 heavy (non-hydrogen) atoms. The quantitative estimate of drug-likeness (QED) is 0.484. The standard InChI is InChI=1S/C23H20N2O2S/c1-15-7-8-16(2)20(13-15)24-22(26)14-27-18-11-9-17(10-12-18)23-25-19-5-3-4-6-21(19)28-23/h3-13H,14H2,1-2H3,(H,24,26). The average Bonchev–Trinajstić information content (AvgIpc) is 3.14. The molecule has 4 rings (SSSR count). The predicted octanol–water partition coefficient (Wildman–Crippen LogP) is 5.60. The number of fused-ring (bicyclic) bond motifs is 1. The van der Waals surface area contributed by atoms with Gasteiger partial charge in [-0.25, -0.2) is 4.98 Å². The van der Waals surface area contributed by atoms with Gasteiger partial charge in [0.2, 0.25) is 0 Å². The maximum atomic E-state index is 12.2. The van der Waals surface area contributed by atoms with Crippen molar-refractivity contribution in [3.8, 4) is 16.3 Å². The zero-order valence-corrected chi connectivity index (χ0v) is 16.5. The van der Waals surface area contributed by atoms with Crippen LogP contribution in [0.2, 0.25) is 0 Å². The highest BCUT2D eigenvalue weighted by Crippen LogP contribution is 2.30. The van der Waals surface area contributed by atoms with Crippen molar-refractivity contribution < 1.29 is 9.53 Å². The number of amides is 1. The molecule has 0 saturated heterocycles. The maximum Gasteiger partial charge on any atom is 0.262 e. The van der Waals surface area contributed by atoms with Gasteiger partial charge in [0, 0.05) is 11.3 Å². The van der Waals surface area contributed by atoms with Gasteiger partial charge < -0.3 is 10.1 Å². The number of ether oxygens (including phenoxy) is 1. The van der Waals surface area contributed by atoms with Crippen molar-refractivity contribution >= 4 is 33.1 Å². The summed E-state index contributed by atoms with van der Waals surface area (Å²) >= 11 is 1.66. The number of para-hydroxylation sites is 1. The van der Waals surface area contributed by atoms with Crippen molar-refractivity contribution in [2.75, 3.05) is 11.9 Å². The smallest absolute Gasteiger partial charge is 0.262 e. The van der Waals surface area contributed by atoms with Crippen LogP contribution in [0, 0.1) is 13.8 Å². The van der Waals surface area contributed by atoms with Crippen LogP contribution in [0.25, 0.3) is 20.8 Å². The summed E-state index contributed by atoms with van der Waals surface area (Å²) in [5.41, 5.74) is 4.99. The van der Waals surface area contributed by atoms with Gasteiger partial charge in [-0.2, -0.15) is 0 Å². The van der Waals surface area contributed by atoms with Crippen LogP contribution in [0.4, 0.5) is 5.69 Å². The second kappa shape index (κ2) is 7.82. The van der Waals surface area contributed by atoms with Gasteiger partial charge in [-0.15, -0.1) is 11.3 Å². The molecule has 1 heterocycles. The van der Waals surface area contributed by atoms with Gasteiger partial charge in [-0.3, -0.25) is 4.79 Å². The van der Waals surface area contributed by atoms with Crippen molar-refractivity contribution in [2.24, 2.45) is 0 Å². The number of hydrogen-bond donors (Lipinski definition) is 1. The SMILES string of the molecule is Cc1ccc(C)c(NC(=O)COc2ccc(-c3nc4ccccc4s3)cc2)c1. The minimum Gasteiger partial charge on any atom is -0.484 e. The summed E-state index contributed by atoms with van der Waals surface area (Å²) in [6.07, 6.45) is 0. The van der Waals surface area contributed by atoms with Gasteiger partial charge in [-0.05, 0) is 67.4 Å². The van der Waals surface area contributed by atoms with Gasteiger partial charge in [0.25, 0.3) is 5.91 Å². The number of carbonyl (C=O) groups excluding carboxylic acids is 1. The van der Waals surface area contributed by atoms with Gasteiger partial charge in [0.1, 0.15) is 10.8 Å². The molecule has 0 bridgehead atoms. The summed E-state index contributed by atoms with van der Waals surface area (Å²) < 4.78 is 6.80. The Morgan fingerprint density at radius 2 is 1.82 bits per heavy atom. The van der Waals surface area contributed by atoms with E-state index in [1.165, 1.54) is 4.70 Å². The molecule has 140 valence electrons. The third-order valence-corrected chi connectivity index (χ3v) is 5.52. The molecular formula is C23H20N2O2S. The summed E-state index contributed by atoms with van der Waals surface area (Å²) in [4.78, 5) is 16.9. The lowest BCUT2D eigenvalue weighted by atomic mass is 10.1. The van der Waals surface area contributed by atoms with Crippen molar-refractivity contribution in [1.82, 2.24) is 4.98 Å². The number of anilines is 1. The molecule has 1 N–H and O–H groups in total. The van der Waals surface area contributed by atoms with Crippen LogP contribution in [-0.4, -0.2) is 17.5 Å². The molecule has 0 aliphatic carbocycles. The highest BCUT2D eigenvalue weighted by Gasteiger charge is 2.08. The summed E-state index contributed by atoms with van der Waals surface area (Å²) in [5, 5.41) is 3.87. The van der Waals surface area contributed by atoms with Crippen LogP contribution in [0.5, 0.6) is 5.75 Å². The second-order valence-electron chi connectivity index (χ2n) is 6.67. The number of benzene rings is 3. The molecule has 1 aromatic heterocycles. The Morgan fingerprint density at radius 3 is 2.61 bits per heavy atom. The van der Waals surface area contributed by atoms with E-state index in [-0.39, 0.29) is 12.5 Å². The Labute approximate surface area is 167 Å². The topological polar surface area (TPSA) is 51.2 Å². The molecule has 0 radical (unpaired) electrons. The minimum atomic E-state index is -0.177. The first kappa shape index (κ1) is 18.2. The molecule has 4 nitrogen and oxygen atoms in total. The molecule has 0 saturated carbocycles. The number of nitrogens with one attached hydrogen (secondary N) is 1. The highest BCUT2D eigenvalue weighted by atomic mass is 32.1. The van der Waals surface area contributed by atoms with E-state index in [1.807, 2.05) is 74.5 Å². The molecular weight excluding hydrogens is 368 g/mol. The Hall–Kier alpha value is -3.18. The normalized spacial score (nSPS) is 10.8. The second-order valence-corrected chi connectivity index (χ2v) is 7.70. The molecule has 0 spiro atoms. The third kappa shape index (κ3) is 4.05. The minimum absolute atomic E-state index is 0.0339. The lowest BCUT2D eigenvalue weighted by molar-refractivity contribution is -0.118. The third-order valence-electron chi connectivity index (χ3n) is 4.43. The number of thiazole rings is 1. The molecule has 0 aliphatic rings. The molecule has 4 aromatic rings. The highest BCUT2D eigenvalue weighted by molar-refractivity contribution is 7.21. The summed E-state index contributed by atoms with van der Waals surface area (Å²) in [7, 11) is 0.